The smallest absolute Gasteiger partial charge is 0.227 e. The van der Waals surface area contributed by atoms with Crippen LogP contribution in [0.15, 0.2) is 41.3 Å². The maximum Gasteiger partial charge on any atom is 0.227 e. The van der Waals surface area contributed by atoms with Crippen molar-refractivity contribution in [2.75, 3.05) is 26.9 Å². The molecular weight excluding hydrogens is 384 g/mol. The fraction of sp³-hybridized carbons (Fsp3) is 0.409. The molecule has 0 spiro atoms. The van der Waals surface area contributed by atoms with Crippen molar-refractivity contribution in [3.8, 4) is 17.1 Å². The van der Waals surface area contributed by atoms with Crippen LogP contribution in [0.4, 0.5) is 0 Å². The van der Waals surface area contributed by atoms with Gasteiger partial charge < -0.3 is 18.8 Å². The molecule has 0 N–H and O–H groups in total. The molecule has 0 atom stereocenters. The average molecular weight is 410 g/mol. The van der Waals surface area contributed by atoms with Crippen LogP contribution in [0.5, 0.6) is 5.75 Å². The highest BCUT2D eigenvalue weighted by Gasteiger charge is 2.28. The minimum absolute atomic E-state index is 0.0853. The molecule has 0 unspecified atom stereocenters. The lowest BCUT2D eigenvalue weighted by atomic mass is 10.0. The molecule has 0 aliphatic carbocycles. The number of hydrogen-bond acceptors (Lipinski definition) is 6. The number of fused-ring (bicyclic) bond motifs is 1. The number of rotatable bonds is 8. The summed E-state index contributed by atoms with van der Waals surface area (Å²) in [5, 5.41) is 4.77. The Kier molecular flexibility index (Phi) is 6.13. The van der Waals surface area contributed by atoms with E-state index in [-0.39, 0.29) is 5.91 Å². The predicted octanol–water partition coefficient (Wildman–Crippen LogP) is 2.71. The van der Waals surface area contributed by atoms with Gasteiger partial charge in [0, 0.05) is 37.4 Å². The molecular formula is C22H26N4O4. The molecule has 0 saturated heterocycles. The Bertz CT molecular complexity index is 997. The first kappa shape index (κ1) is 20.2. The van der Waals surface area contributed by atoms with Gasteiger partial charge in [0.2, 0.25) is 5.91 Å². The number of ether oxygens (including phenoxy) is 2. The lowest BCUT2D eigenvalue weighted by molar-refractivity contribution is -0.131. The summed E-state index contributed by atoms with van der Waals surface area (Å²) in [6.45, 7) is 5.09. The van der Waals surface area contributed by atoms with E-state index < -0.39 is 0 Å². The van der Waals surface area contributed by atoms with Gasteiger partial charge in [0.15, 0.2) is 6.39 Å². The molecule has 1 aromatic carbocycles. The Labute approximate surface area is 175 Å². The van der Waals surface area contributed by atoms with Crippen molar-refractivity contribution in [1.82, 2.24) is 19.7 Å². The first-order valence-corrected chi connectivity index (χ1v) is 10.1. The van der Waals surface area contributed by atoms with Crippen LogP contribution < -0.4 is 4.74 Å². The van der Waals surface area contributed by atoms with Crippen molar-refractivity contribution in [3.05, 3.63) is 53.7 Å². The van der Waals surface area contributed by atoms with Gasteiger partial charge in [-0.1, -0.05) is 12.1 Å². The molecule has 0 bridgehead atoms. The monoisotopic (exact) mass is 410 g/mol. The van der Waals surface area contributed by atoms with Crippen LogP contribution in [0.2, 0.25) is 0 Å². The number of hydrogen-bond donors (Lipinski definition) is 0. The van der Waals surface area contributed by atoms with Gasteiger partial charge >= 0.3 is 0 Å². The van der Waals surface area contributed by atoms with Crippen LogP contribution in [0.1, 0.15) is 23.7 Å². The fourth-order valence-electron chi connectivity index (χ4n) is 3.79. The van der Waals surface area contributed by atoms with Crippen LogP contribution >= 0.6 is 0 Å². The molecule has 1 aliphatic rings. The van der Waals surface area contributed by atoms with E-state index >= 15 is 0 Å². The van der Waals surface area contributed by atoms with Crippen molar-refractivity contribution in [3.63, 3.8) is 0 Å². The van der Waals surface area contributed by atoms with Crippen LogP contribution in [0.25, 0.3) is 11.4 Å². The Balaban J connectivity index is 1.55. The average Bonchev–Trinajstić information content (AvgIpc) is 3.42. The third kappa shape index (κ3) is 4.23. The zero-order valence-corrected chi connectivity index (χ0v) is 17.3. The normalized spacial score (nSPS) is 13.3. The Morgan fingerprint density at radius 1 is 1.33 bits per heavy atom. The highest BCUT2D eigenvalue weighted by Crippen LogP contribution is 2.29. The van der Waals surface area contributed by atoms with Crippen LogP contribution in [-0.2, 0) is 35.5 Å². The lowest BCUT2D eigenvalue weighted by Crippen LogP contribution is -2.37. The summed E-state index contributed by atoms with van der Waals surface area (Å²) < 4.78 is 17.9. The predicted molar refractivity (Wildman–Crippen MR) is 110 cm³/mol. The summed E-state index contributed by atoms with van der Waals surface area (Å²) in [5.41, 5.74) is 4.57. The van der Waals surface area contributed by atoms with Crippen molar-refractivity contribution in [2.24, 2.45) is 0 Å². The summed E-state index contributed by atoms with van der Waals surface area (Å²) in [5.74, 6) is 0.840. The Morgan fingerprint density at radius 3 is 3.00 bits per heavy atom. The third-order valence-electron chi connectivity index (χ3n) is 5.30. The molecule has 1 aliphatic heterocycles. The van der Waals surface area contributed by atoms with Gasteiger partial charge in [0.25, 0.3) is 0 Å². The minimum atomic E-state index is 0.0853. The van der Waals surface area contributed by atoms with Gasteiger partial charge in [-0.05, 0) is 24.6 Å². The number of nitrogens with zero attached hydrogens (tertiary/aromatic N) is 4. The largest absolute Gasteiger partial charge is 0.497 e. The SMILES string of the molecule is CCOCCn1nc(-c2cocn2)c2c1CCN(C(=O)Cc1cccc(OC)c1)C2. The molecule has 1 amide bonds. The number of oxazole rings is 1. The molecule has 0 fully saturated rings. The van der Waals surface area contributed by atoms with Crippen molar-refractivity contribution < 1.29 is 18.7 Å². The number of aromatic nitrogens is 3. The van der Waals surface area contributed by atoms with Gasteiger partial charge in [-0.15, -0.1) is 0 Å². The highest BCUT2D eigenvalue weighted by molar-refractivity contribution is 5.79. The van der Waals surface area contributed by atoms with E-state index in [0.29, 0.717) is 45.0 Å². The molecule has 0 radical (unpaired) electrons. The van der Waals surface area contributed by atoms with E-state index in [0.717, 1.165) is 34.7 Å². The molecule has 8 heteroatoms. The van der Waals surface area contributed by atoms with Crippen molar-refractivity contribution >= 4 is 5.91 Å². The van der Waals surface area contributed by atoms with Crippen molar-refractivity contribution in [1.29, 1.82) is 0 Å². The zero-order chi connectivity index (χ0) is 20.9. The molecule has 0 saturated carbocycles. The molecule has 3 heterocycles. The molecule has 2 aromatic heterocycles. The minimum Gasteiger partial charge on any atom is -0.497 e. The topological polar surface area (TPSA) is 82.6 Å². The summed E-state index contributed by atoms with van der Waals surface area (Å²) in [7, 11) is 1.63. The first-order chi connectivity index (χ1) is 14.7. The van der Waals surface area contributed by atoms with Gasteiger partial charge in [0.05, 0.1) is 26.7 Å². The summed E-state index contributed by atoms with van der Waals surface area (Å²) in [6.07, 6.45) is 4.07. The van der Waals surface area contributed by atoms with Crippen molar-refractivity contribution in [2.45, 2.75) is 32.9 Å². The molecule has 4 rings (SSSR count). The Morgan fingerprint density at radius 2 is 2.23 bits per heavy atom. The van der Waals surface area contributed by atoms with E-state index in [1.54, 1.807) is 13.4 Å². The standard InChI is InChI=1S/C22H26N4O4/c1-3-29-10-9-26-20-7-8-25(13-18(20)22(24-26)19-14-30-15-23-19)21(27)12-16-5-4-6-17(11-16)28-2/h4-6,11,14-15H,3,7-10,12-13H2,1-2H3. The van der Waals surface area contributed by atoms with Gasteiger partial charge in [-0.3, -0.25) is 9.48 Å². The van der Waals surface area contributed by atoms with E-state index in [4.69, 9.17) is 19.0 Å². The number of carbonyl (C=O) groups is 1. The number of amides is 1. The number of carbonyl (C=O) groups excluding carboxylic acids is 1. The molecule has 30 heavy (non-hydrogen) atoms. The molecule has 3 aromatic rings. The molecule has 158 valence electrons. The number of benzene rings is 1. The first-order valence-electron chi connectivity index (χ1n) is 10.1. The number of methoxy groups -OCH3 is 1. The second kappa shape index (κ2) is 9.13. The van der Waals surface area contributed by atoms with Crippen LogP contribution in [0.3, 0.4) is 0 Å². The highest BCUT2D eigenvalue weighted by atomic mass is 16.5. The quantitative estimate of drug-likeness (QED) is 0.531. The van der Waals surface area contributed by atoms with Crippen LogP contribution in [0, 0.1) is 0 Å². The molecule has 8 nitrogen and oxygen atoms in total. The fourth-order valence-corrected chi connectivity index (χ4v) is 3.79. The Hall–Kier alpha value is -3.13. The zero-order valence-electron chi connectivity index (χ0n) is 17.3. The second-order valence-corrected chi connectivity index (χ2v) is 7.16. The van der Waals surface area contributed by atoms with Crippen LogP contribution in [-0.4, -0.2) is 52.4 Å². The summed E-state index contributed by atoms with van der Waals surface area (Å²) in [6, 6.07) is 7.63. The second-order valence-electron chi connectivity index (χ2n) is 7.16. The van der Waals surface area contributed by atoms with E-state index in [9.17, 15) is 4.79 Å². The van der Waals surface area contributed by atoms with Gasteiger partial charge in [-0.2, -0.15) is 5.10 Å². The van der Waals surface area contributed by atoms with E-state index in [1.807, 2.05) is 40.8 Å². The van der Waals surface area contributed by atoms with Gasteiger partial charge in [-0.25, -0.2) is 4.98 Å². The van der Waals surface area contributed by atoms with E-state index in [1.165, 1.54) is 6.39 Å². The lowest BCUT2D eigenvalue weighted by Gasteiger charge is -2.28. The third-order valence-corrected chi connectivity index (χ3v) is 5.30. The summed E-state index contributed by atoms with van der Waals surface area (Å²) in [4.78, 5) is 19.2. The maximum absolute atomic E-state index is 13.0. The van der Waals surface area contributed by atoms with Gasteiger partial charge in [0.1, 0.15) is 23.4 Å². The van der Waals surface area contributed by atoms with E-state index in [2.05, 4.69) is 4.98 Å². The summed E-state index contributed by atoms with van der Waals surface area (Å²) >= 11 is 0. The maximum atomic E-state index is 13.0.